The zero-order chi connectivity index (χ0) is 16.2. The number of hydrogen-bond donors (Lipinski definition) is 1. The minimum Gasteiger partial charge on any atom is -0.351 e. The number of benzene rings is 2. The molecule has 0 bridgehead atoms. The minimum absolute atomic E-state index is 0.00918. The van der Waals surface area contributed by atoms with Gasteiger partial charge < -0.3 is 5.32 Å². The Hall–Kier alpha value is -1.13. The lowest BCUT2D eigenvalue weighted by Gasteiger charge is -2.25. The van der Waals surface area contributed by atoms with Crippen LogP contribution in [0.1, 0.15) is 29.8 Å². The van der Waals surface area contributed by atoms with E-state index in [2.05, 4.69) is 63.2 Å². The number of carbonyl (C=O) groups is 1. The smallest absolute Gasteiger partial charge is 0.252 e. The Bertz CT molecular complexity index is 650. The number of rotatable bonds is 5. The van der Waals surface area contributed by atoms with Crippen LogP contribution in [0.25, 0.3) is 0 Å². The van der Waals surface area contributed by atoms with Crippen LogP contribution in [0.15, 0.2) is 57.5 Å². The molecule has 2 aromatic carbocycles. The van der Waals surface area contributed by atoms with Crippen LogP contribution in [0.2, 0.25) is 0 Å². The second-order valence-corrected chi connectivity index (χ2v) is 7.90. The summed E-state index contributed by atoms with van der Waals surface area (Å²) in [4.78, 5) is 12.3. The van der Waals surface area contributed by atoms with Crippen molar-refractivity contribution in [1.29, 1.82) is 0 Å². The first-order valence-electron chi connectivity index (χ1n) is 7.15. The van der Waals surface area contributed by atoms with Gasteiger partial charge in [0.05, 0.1) is 5.56 Å². The monoisotopic (exact) mass is 423 g/mol. The van der Waals surface area contributed by atoms with Crippen LogP contribution in [-0.2, 0) is 6.42 Å². The quantitative estimate of drug-likeness (QED) is 0.701. The first kappa shape index (κ1) is 17.2. The van der Waals surface area contributed by atoms with Gasteiger partial charge in [0, 0.05) is 15.5 Å². The number of nitrogens with one attached hydrogen (secondary N) is 1. The van der Waals surface area contributed by atoms with E-state index < -0.39 is 0 Å². The summed E-state index contributed by atoms with van der Waals surface area (Å²) < 4.78 is 1.90. The van der Waals surface area contributed by atoms with E-state index in [0.717, 1.165) is 15.4 Å². The fraction of sp³-hybridized carbons (Fsp3) is 0.278. The molecular weight excluding hydrogens is 406 g/mol. The molecule has 2 rings (SSSR count). The molecular formula is C18H19Br2NO. The van der Waals surface area contributed by atoms with Gasteiger partial charge in [0.25, 0.3) is 5.91 Å². The predicted molar refractivity (Wildman–Crippen MR) is 98.1 cm³/mol. The van der Waals surface area contributed by atoms with Crippen LogP contribution in [-0.4, -0.2) is 12.5 Å². The van der Waals surface area contributed by atoms with Crippen molar-refractivity contribution in [3.05, 3.63) is 68.6 Å². The summed E-state index contributed by atoms with van der Waals surface area (Å²) in [6.07, 6.45) is 0.913. The molecule has 0 radical (unpaired) electrons. The third-order valence-corrected chi connectivity index (χ3v) is 4.66. The number of amides is 1. The molecule has 116 valence electrons. The van der Waals surface area contributed by atoms with Crippen LogP contribution in [0.4, 0.5) is 0 Å². The molecule has 4 heteroatoms. The average molecular weight is 425 g/mol. The second-order valence-electron chi connectivity index (χ2n) is 6.13. The van der Waals surface area contributed by atoms with Gasteiger partial charge in [0.15, 0.2) is 0 Å². The topological polar surface area (TPSA) is 29.1 Å². The van der Waals surface area contributed by atoms with Crippen molar-refractivity contribution in [2.75, 3.05) is 6.54 Å². The second kappa shape index (κ2) is 7.42. The van der Waals surface area contributed by atoms with Crippen molar-refractivity contribution >= 4 is 37.8 Å². The molecule has 0 aliphatic rings. The van der Waals surface area contributed by atoms with Gasteiger partial charge in [-0.15, -0.1) is 0 Å². The van der Waals surface area contributed by atoms with E-state index in [4.69, 9.17) is 0 Å². The highest BCUT2D eigenvalue weighted by Gasteiger charge is 2.20. The van der Waals surface area contributed by atoms with Crippen molar-refractivity contribution < 1.29 is 4.79 Å². The Balaban J connectivity index is 1.96. The SMILES string of the molecule is CC(C)(CNC(=O)c1ccccc1Br)Cc1ccc(Br)cc1. The van der Waals surface area contributed by atoms with E-state index in [0.29, 0.717) is 12.1 Å². The lowest BCUT2D eigenvalue weighted by Crippen LogP contribution is -2.35. The molecule has 0 fully saturated rings. The van der Waals surface area contributed by atoms with E-state index in [1.165, 1.54) is 5.56 Å². The largest absolute Gasteiger partial charge is 0.351 e. The Morgan fingerprint density at radius 3 is 2.32 bits per heavy atom. The summed E-state index contributed by atoms with van der Waals surface area (Å²) in [5, 5.41) is 3.03. The van der Waals surface area contributed by atoms with Crippen LogP contribution >= 0.6 is 31.9 Å². The molecule has 2 nitrogen and oxygen atoms in total. The van der Waals surface area contributed by atoms with Gasteiger partial charge in [-0.1, -0.05) is 54.0 Å². The zero-order valence-electron chi connectivity index (χ0n) is 12.7. The molecule has 0 spiro atoms. The molecule has 0 heterocycles. The summed E-state index contributed by atoms with van der Waals surface area (Å²) in [7, 11) is 0. The summed E-state index contributed by atoms with van der Waals surface area (Å²) in [5.41, 5.74) is 1.93. The maximum atomic E-state index is 12.3. The van der Waals surface area contributed by atoms with E-state index in [1.807, 2.05) is 36.4 Å². The molecule has 2 aromatic rings. The van der Waals surface area contributed by atoms with E-state index in [1.54, 1.807) is 0 Å². The van der Waals surface area contributed by atoms with Crippen molar-refractivity contribution in [2.24, 2.45) is 5.41 Å². The van der Waals surface area contributed by atoms with Gasteiger partial charge in [-0.25, -0.2) is 0 Å². The standard InChI is InChI=1S/C18H19Br2NO/c1-18(2,11-13-7-9-14(19)10-8-13)12-21-17(22)15-5-3-4-6-16(15)20/h3-10H,11-12H2,1-2H3,(H,21,22). The molecule has 0 aliphatic heterocycles. The van der Waals surface area contributed by atoms with E-state index in [9.17, 15) is 4.79 Å². The van der Waals surface area contributed by atoms with Gasteiger partial charge in [-0.3, -0.25) is 4.79 Å². The Morgan fingerprint density at radius 2 is 1.68 bits per heavy atom. The third-order valence-electron chi connectivity index (χ3n) is 3.44. The average Bonchev–Trinajstić information content (AvgIpc) is 2.48. The van der Waals surface area contributed by atoms with Crippen molar-refractivity contribution in [3.8, 4) is 0 Å². The van der Waals surface area contributed by atoms with Crippen molar-refractivity contribution in [2.45, 2.75) is 20.3 Å². The van der Waals surface area contributed by atoms with Gasteiger partial charge in [0.2, 0.25) is 0 Å². The fourth-order valence-electron chi connectivity index (χ4n) is 2.28. The normalized spacial score (nSPS) is 11.3. The Morgan fingerprint density at radius 1 is 1.05 bits per heavy atom. The molecule has 0 aromatic heterocycles. The maximum Gasteiger partial charge on any atom is 0.252 e. The fourth-order valence-corrected chi connectivity index (χ4v) is 3.01. The van der Waals surface area contributed by atoms with Crippen molar-refractivity contribution in [1.82, 2.24) is 5.32 Å². The Labute approximate surface area is 148 Å². The summed E-state index contributed by atoms with van der Waals surface area (Å²) in [6.45, 7) is 4.95. The molecule has 0 aliphatic carbocycles. The minimum atomic E-state index is -0.0450. The Kier molecular flexibility index (Phi) is 5.81. The molecule has 0 saturated heterocycles. The summed E-state index contributed by atoms with van der Waals surface area (Å²) in [6, 6.07) is 15.8. The van der Waals surface area contributed by atoms with Crippen molar-refractivity contribution in [3.63, 3.8) is 0 Å². The molecule has 0 saturated carbocycles. The highest BCUT2D eigenvalue weighted by Crippen LogP contribution is 2.23. The van der Waals surface area contributed by atoms with Gasteiger partial charge in [-0.05, 0) is 57.6 Å². The first-order chi connectivity index (χ1) is 10.4. The highest BCUT2D eigenvalue weighted by atomic mass is 79.9. The third kappa shape index (κ3) is 4.96. The molecule has 0 atom stereocenters. The number of carbonyl (C=O) groups excluding carboxylic acids is 1. The van der Waals surface area contributed by atoms with Gasteiger partial charge in [-0.2, -0.15) is 0 Å². The first-order valence-corrected chi connectivity index (χ1v) is 8.73. The van der Waals surface area contributed by atoms with Gasteiger partial charge in [0.1, 0.15) is 0 Å². The molecule has 1 N–H and O–H groups in total. The highest BCUT2D eigenvalue weighted by molar-refractivity contribution is 9.10. The van der Waals surface area contributed by atoms with Crippen LogP contribution < -0.4 is 5.32 Å². The number of hydrogen-bond acceptors (Lipinski definition) is 1. The van der Waals surface area contributed by atoms with Gasteiger partial charge >= 0.3 is 0 Å². The molecule has 1 amide bonds. The number of halogens is 2. The maximum absolute atomic E-state index is 12.3. The van der Waals surface area contributed by atoms with E-state index in [-0.39, 0.29) is 11.3 Å². The summed E-state index contributed by atoms with van der Waals surface area (Å²) >= 11 is 6.86. The predicted octanol–water partition coefficient (Wildman–Crippen LogP) is 5.21. The lowest BCUT2D eigenvalue weighted by molar-refractivity contribution is 0.0935. The van der Waals surface area contributed by atoms with Crippen LogP contribution in [0.5, 0.6) is 0 Å². The molecule has 22 heavy (non-hydrogen) atoms. The zero-order valence-corrected chi connectivity index (χ0v) is 15.9. The lowest BCUT2D eigenvalue weighted by atomic mass is 9.85. The summed E-state index contributed by atoms with van der Waals surface area (Å²) in [5.74, 6) is -0.0450. The molecule has 0 unspecified atom stereocenters. The van der Waals surface area contributed by atoms with E-state index >= 15 is 0 Å². The van der Waals surface area contributed by atoms with Crippen LogP contribution in [0, 0.1) is 5.41 Å². The van der Waals surface area contributed by atoms with Crippen LogP contribution in [0.3, 0.4) is 0 Å².